The van der Waals surface area contributed by atoms with Crippen molar-refractivity contribution in [2.45, 2.75) is 20.4 Å². The quantitative estimate of drug-likeness (QED) is 0.889. The van der Waals surface area contributed by atoms with Gasteiger partial charge in [-0.2, -0.15) is 0 Å². The second-order valence-corrected chi connectivity index (χ2v) is 5.69. The number of carbonyl (C=O) groups is 1. The first-order valence-electron chi connectivity index (χ1n) is 6.87. The molecule has 112 valence electrons. The fourth-order valence-corrected chi connectivity index (χ4v) is 2.33. The van der Waals surface area contributed by atoms with Crippen LogP contribution in [0.15, 0.2) is 34.7 Å². The maximum Gasteiger partial charge on any atom is 0.279 e. The number of benzene rings is 1. The molecule has 21 heavy (non-hydrogen) atoms. The van der Waals surface area contributed by atoms with E-state index in [2.05, 4.69) is 5.32 Å². The largest absolute Gasteiger partial charge is 0.460 e. The molecule has 4 nitrogen and oxygen atoms in total. The van der Waals surface area contributed by atoms with Crippen molar-refractivity contribution >= 4 is 23.2 Å². The van der Waals surface area contributed by atoms with E-state index in [0.717, 1.165) is 27.7 Å². The number of hydrogen-bond acceptors (Lipinski definition) is 2. The monoisotopic (exact) mass is 307 g/mol. The molecule has 0 bridgehead atoms. The molecule has 0 aliphatic carbocycles. The first kappa shape index (κ1) is 15.6. The maximum absolute atomic E-state index is 12.1. The first-order chi connectivity index (χ1) is 9.95. The van der Waals surface area contributed by atoms with E-state index in [1.165, 1.54) is 0 Å². The van der Waals surface area contributed by atoms with Crippen LogP contribution in [0.4, 0.5) is 5.69 Å². The number of quaternary nitrogens is 1. The summed E-state index contributed by atoms with van der Waals surface area (Å²) >= 11 is 6.04. The van der Waals surface area contributed by atoms with Gasteiger partial charge >= 0.3 is 0 Å². The Balaban J connectivity index is 1.90. The van der Waals surface area contributed by atoms with Crippen molar-refractivity contribution in [2.24, 2.45) is 0 Å². The van der Waals surface area contributed by atoms with Gasteiger partial charge < -0.3 is 14.6 Å². The maximum atomic E-state index is 12.1. The number of aryl methyl sites for hydroxylation is 1. The van der Waals surface area contributed by atoms with E-state index in [0.29, 0.717) is 18.1 Å². The molecule has 0 aliphatic rings. The molecule has 1 unspecified atom stereocenters. The lowest BCUT2D eigenvalue weighted by molar-refractivity contribution is -0.886. The van der Waals surface area contributed by atoms with Crippen LogP contribution < -0.4 is 10.2 Å². The van der Waals surface area contributed by atoms with E-state index >= 15 is 0 Å². The lowest BCUT2D eigenvalue weighted by atomic mass is 10.2. The fourth-order valence-electron chi connectivity index (χ4n) is 2.15. The molecule has 0 saturated carbocycles. The summed E-state index contributed by atoms with van der Waals surface area (Å²) in [4.78, 5) is 13.1. The highest BCUT2D eigenvalue weighted by Crippen LogP contribution is 2.22. The Morgan fingerprint density at radius 3 is 2.71 bits per heavy atom. The lowest BCUT2D eigenvalue weighted by Crippen LogP contribution is -3.08. The SMILES string of the molecule is Cc1ccc(C[NH+](C)CC(=O)Nc2cccc(Cl)c2C)o1. The van der Waals surface area contributed by atoms with Crippen molar-refractivity contribution < 1.29 is 14.1 Å². The van der Waals surface area contributed by atoms with Crippen molar-refractivity contribution in [1.82, 2.24) is 0 Å². The van der Waals surface area contributed by atoms with Crippen LogP contribution in [-0.2, 0) is 11.3 Å². The van der Waals surface area contributed by atoms with Gasteiger partial charge in [0.1, 0.15) is 12.3 Å². The molecule has 2 rings (SSSR count). The molecule has 0 saturated heterocycles. The standard InChI is InChI=1S/C16H19ClN2O2/c1-11-7-8-13(21-11)9-19(3)10-16(20)18-15-6-4-5-14(17)12(15)2/h4-8H,9-10H2,1-3H3,(H,18,20)/p+1. The Labute approximate surface area is 129 Å². The molecular weight excluding hydrogens is 288 g/mol. The summed E-state index contributed by atoms with van der Waals surface area (Å²) in [5.74, 6) is 1.73. The zero-order valence-corrected chi connectivity index (χ0v) is 13.3. The van der Waals surface area contributed by atoms with Gasteiger partial charge in [0, 0.05) is 10.7 Å². The summed E-state index contributed by atoms with van der Waals surface area (Å²) in [6.07, 6.45) is 0. The Morgan fingerprint density at radius 1 is 1.29 bits per heavy atom. The van der Waals surface area contributed by atoms with Gasteiger partial charge in [0.05, 0.1) is 7.05 Å². The Morgan fingerprint density at radius 2 is 2.05 bits per heavy atom. The molecule has 1 aromatic heterocycles. The molecule has 2 N–H and O–H groups in total. The Bertz CT molecular complexity index is 637. The zero-order valence-electron chi connectivity index (χ0n) is 12.5. The predicted molar refractivity (Wildman–Crippen MR) is 83.7 cm³/mol. The van der Waals surface area contributed by atoms with Crippen molar-refractivity contribution in [3.63, 3.8) is 0 Å². The summed E-state index contributed by atoms with van der Waals surface area (Å²) in [6, 6.07) is 9.36. The summed E-state index contributed by atoms with van der Waals surface area (Å²) in [7, 11) is 1.96. The molecule has 0 aliphatic heterocycles. The van der Waals surface area contributed by atoms with E-state index in [9.17, 15) is 4.79 Å². The number of halogens is 1. The van der Waals surface area contributed by atoms with Crippen LogP contribution in [-0.4, -0.2) is 19.5 Å². The average molecular weight is 308 g/mol. The number of furan rings is 1. The highest BCUT2D eigenvalue weighted by Gasteiger charge is 2.13. The number of likely N-dealkylation sites (N-methyl/N-ethyl adjacent to an activating group) is 1. The van der Waals surface area contributed by atoms with Crippen LogP contribution >= 0.6 is 11.6 Å². The van der Waals surface area contributed by atoms with Crippen LogP contribution in [0.2, 0.25) is 5.02 Å². The van der Waals surface area contributed by atoms with Crippen molar-refractivity contribution in [3.8, 4) is 0 Å². The van der Waals surface area contributed by atoms with Gasteiger partial charge in [0.2, 0.25) is 0 Å². The topological polar surface area (TPSA) is 46.7 Å². The lowest BCUT2D eigenvalue weighted by Gasteiger charge is -2.14. The van der Waals surface area contributed by atoms with Gasteiger partial charge in [0.25, 0.3) is 5.91 Å². The van der Waals surface area contributed by atoms with Crippen LogP contribution in [0.1, 0.15) is 17.1 Å². The fraction of sp³-hybridized carbons (Fsp3) is 0.312. The second kappa shape index (κ2) is 6.78. The minimum absolute atomic E-state index is 0.0406. The molecule has 1 heterocycles. The first-order valence-corrected chi connectivity index (χ1v) is 7.25. The average Bonchev–Trinajstić information content (AvgIpc) is 2.80. The minimum atomic E-state index is -0.0406. The van der Waals surface area contributed by atoms with Crippen LogP contribution in [0, 0.1) is 13.8 Å². The van der Waals surface area contributed by atoms with Crippen LogP contribution in [0.25, 0.3) is 0 Å². The third-order valence-electron chi connectivity index (χ3n) is 3.28. The number of nitrogens with one attached hydrogen (secondary N) is 2. The third kappa shape index (κ3) is 4.34. The molecule has 1 amide bonds. The minimum Gasteiger partial charge on any atom is -0.460 e. The van der Waals surface area contributed by atoms with E-state index in [-0.39, 0.29) is 5.91 Å². The highest BCUT2D eigenvalue weighted by molar-refractivity contribution is 6.31. The Kier molecular flexibility index (Phi) is 5.04. The van der Waals surface area contributed by atoms with Crippen LogP contribution in [0.5, 0.6) is 0 Å². The van der Waals surface area contributed by atoms with Crippen LogP contribution in [0.3, 0.4) is 0 Å². The molecule has 0 fully saturated rings. The summed E-state index contributed by atoms with van der Waals surface area (Å²) in [5.41, 5.74) is 1.64. The van der Waals surface area contributed by atoms with E-state index in [1.54, 1.807) is 0 Å². The number of amides is 1. The van der Waals surface area contributed by atoms with Crippen molar-refractivity contribution in [3.05, 3.63) is 52.4 Å². The van der Waals surface area contributed by atoms with E-state index in [4.69, 9.17) is 16.0 Å². The molecule has 1 atom stereocenters. The molecular formula is C16H20ClN2O2+. The molecule has 0 spiro atoms. The molecule has 1 aromatic carbocycles. The molecule has 2 aromatic rings. The van der Waals surface area contributed by atoms with Crippen molar-refractivity contribution in [2.75, 3.05) is 18.9 Å². The highest BCUT2D eigenvalue weighted by atomic mass is 35.5. The summed E-state index contributed by atoms with van der Waals surface area (Å²) < 4.78 is 5.52. The second-order valence-electron chi connectivity index (χ2n) is 5.28. The molecule has 5 heteroatoms. The van der Waals surface area contributed by atoms with Gasteiger partial charge in [-0.1, -0.05) is 17.7 Å². The number of carbonyl (C=O) groups excluding carboxylic acids is 1. The van der Waals surface area contributed by atoms with E-state index < -0.39 is 0 Å². The normalized spacial score (nSPS) is 12.2. The predicted octanol–water partition coefficient (Wildman–Crippen LogP) is 2.20. The van der Waals surface area contributed by atoms with Gasteiger partial charge in [0.15, 0.2) is 12.3 Å². The van der Waals surface area contributed by atoms with Gasteiger partial charge in [-0.05, 0) is 43.7 Å². The van der Waals surface area contributed by atoms with Gasteiger partial charge in [-0.25, -0.2) is 0 Å². The van der Waals surface area contributed by atoms with Crippen molar-refractivity contribution in [1.29, 1.82) is 0 Å². The third-order valence-corrected chi connectivity index (χ3v) is 3.69. The number of anilines is 1. The molecule has 0 radical (unpaired) electrons. The number of hydrogen-bond donors (Lipinski definition) is 2. The zero-order chi connectivity index (χ0) is 15.4. The van der Waals surface area contributed by atoms with E-state index in [1.807, 2.05) is 51.2 Å². The summed E-state index contributed by atoms with van der Waals surface area (Å²) in [5, 5.41) is 3.55. The Hall–Kier alpha value is -1.78. The van der Waals surface area contributed by atoms with Gasteiger partial charge in [-0.15, -0.1) is 0 Å². The summed E-state index contributed by atoms with van der Waals surface area (Å²) in [6.45, 7) is 4.84. The van der Waals surface area contributed by atoms with Gasteiger partial charge in [-0.3, -0.25) is 4.79 Å². The smallest absolute Gasteiger partial charge is 0.279 e. The number of rotatable bonds is 5.